The summed E-state index contributed by atoms with van der Waals surface area (Å²) >= 11 is 6.05. The molecule has 0 unspecified atom stereocenters. The lowest BCUT2D eigenvalue weighted by Crippen LogP contribution is -2.29. The highest BCUT2D eigenvalue weighted by atomic mass is 35.5. The van der Waals surface area contributed by atoms with E-state index >= 15 is 0 Å². The number of pyridine rings is 1. The number of carbonyl (C=O) groups excluding carboxylic acids is 1. The number of carboxylic acids is 1. The maximum absolute atomic E-state index is 11.7. The second-order valence-corrected chi connectivity index (χ2v) is 4.41. The molecular formula is C14H11ClN2O4. The minimum atomic E-state index is -1.12. The molecule has 0 radical (unpaired) electrons. The van der Waals surface area contributed by atoms with Gasteiger partial charge < -0.3 is 15.2 Å². The number of nitrogens with zero attached hydrogens (tertiary/aromatic N) is 1. The number of aromatic nitrogens is 1. The predicted molar refractivity (Wildman–Crippen MR) is 75.7 cm³/mol. The Hall–Kier alpha value is -2.60. The molecule has 0 saturated carbocycles. The zero-order chi connectivity index (χ0) is 15.2. The minimum absolute atomic E-state index is 0.245. The van der Waals surface area contributed by atoms with Crippen molar-refractivity contribution in [2.45, 2.75) is 0 Å². The van der Waals surface area contributed by atoms with Crippen LogP contribution in [0.4, 0.5) is 0 Å². The van der Waals surface area contributed by atoms with Gasteiger partial charge >= 0.3 is 5.97 Å². The van der Waals surface area contributed by atoms with Gasteiger partial charge in [0.15, 0.2) is 0 Å². The van der Waals surface area contributed by atoms with Crippen molar-refractivity contribution in [1.29, 1.82) is 0 Å². The molecule has 0 aliphatic carbocycles. The van der Waals surface area contributed by atoms with E-state index in [1.165, 1.54) is 12.1 Å². The van der Waals surface area contributed by atoms with Crippen LogP contribution in [-0.4, -0.2) is 28.5 Å². The van der Waals surface area contributed by atoms with Crippen molar-refractivity contribution in [2.75, 3.05) is 6.54 Å². The molecule has 108 valence electrons. The Kier molecular flexibility index (Phi) is 4.73. The fourth-order valence-corrected chi connectivity index (χ4v) is 1.74. The zero-order valence-corrected chi connectivity index (χ0v) is 11.5. The molecule has 1 aromatic carbocycles. The summed E-state index contributed by atoms with van der Waals surface area (Å²) in [6.45, 7) is -0.453. The van der Waals surface area contributed by atoms with Gasteiger partial charge in [0.25, 0.3) is 5.91 Å². The van der Waals surface area contributed by atoms with E-state index in [1.807, 2.05) is 0 Å². The average molecular weight is 307 g/mol. The zero-order valence-electron chi connectivity index (χ0n) is 10.7. The largest absolute Gasteiger partial charge is 0.480 e. The van der Waals surface area contributed by atoms with Crippen LogP contribution in [0.2, 0.25) is 5.02 Å². The third kappa shape index (κ3) is 4.19. The first-order valence-corrected chi connectivity index (χ1v) is 6.31. The van der Waals surface area contributed by atoms with E-state index in [0.717, 1.165) is 0 Å². The van der Waals surface area contributed by atoms with Gasteiger partial charge in [-0.2, -0.15) is 0 Å². The molecule has 0 fully saturated rings. The van der Waals surface area contributed by atoms with Gasteiger partial charge in [0.2, 0.25) is 0 Å². The topological polar surface area (TPSA) is 88.5 Å². The Morgan fingerprint density at radius 3 is 2.57 bits per heavy atom. The second kappa shape index (κ2) is 6.71. The first-order chi connectivity index (χ1) is 10.1. The van der Waals surface area contributed by atoms with Crippen LogP contribution in [0.5, 0.6) is 11.5 Å². The number of hydrogen-bond acceptors (Lipinski definition) is 4. The highest BCUT2D eigenvalue weighted by molar-refractivity contribution is 6.32. The molecule has 2 rings (SSSR count). The van der Waals surface area contributed by atoms with Gasteiger partial charge in [-0.3, -0.25) is 14.6 Å². The van der Waals surface area contributed by atoms with Gasteiger partial charge in [0.1, 0.15) is 18.0 Å². The summed E-state index contributed by atoms with van der Waals surface area (Å²) in [7, 11) is 0. The van der Waals surface area contributed by atoms with E-state index in [-0.39, 0.29) is 10.6 Å². The van der Waals surface area contributed by atoms with Gasteiger partial charge in [0.05, 0.1) is 5.02 Å². The van der Waals surface area contributed by atoms with Crippen LogP contribution in [-0.2, 0) is 4.79 Å². The lowest BCUT2D eigenvalue weighted by atomic mass is 10.2. The van der Waals surface area contributed by atoms with E-state index in [9.17, 15) is 9.59 Å². The van der Waals surface area contributed by atoms with Crippen LogP contribution in [0, 0.1) is 0 Å². The number of aliphatic carboxylic acids is 1. The summed E-state index contributed by atoms with van der Waals surface area (Å²) in [6.07, 6.45) is 3.16. The number of rotatable bonds is 5. The number of halogens is 1. The maximum atomic E-state index is 11.7. The van der Waals surface area contributed by atoms with E-state index in [1.54, 1.807) is 30.6 Å². The number of ether oxygens (including phenoxy) is 1. The lowest BCUT2D eigenvalue weighted by Gasteiger charge is -2.09. The Bertz CT molecular complexity index is 661. The van der Waals surface area contributed by atoms with Crippen molar-refractivity contribution < 1.29 is 19.4 Å². The van der Waals surface area contributed by atoms with Gasteiger partial charge in [0, 0.05) is 18.0 Å². The fraction of sp³-hybridized carbons (Fsp3) is 0.0714. The summed E-state index contributed by atoms with van der Waals surface area (Å²) in [6, 6.07) is 7.79. The summed E-state index contributed by atoms with van der Waals surface area (Å²) in [5.41, 5.74) is 0.253. The minimum Gasteiger partial charge on any atom is -0.480 e. The van der Waals surface area contributed by atoms with E-state index < -0.39 is 18.4 Å². The van der Waals surface area contributed by atoms with Crippen molar-refractivity contribution in [3.05, 3.63) is 53.3 Å². The smallest absolute Gasteiger partial charge is 0.322 e. The highest BCUT2D eigenvalue weighted by Gasteiger charge is 2.11. The van der Waals surface area contributed by atoms with E-state index in [2.05, 4.69) is 10.3 Å². The molecule has 2 aromatic rings. The molecule has 0 saturated heterocycles. The maximum Gasteiger partial charge on any atom is 0.322 e. The Labute approximate surface area is 125 Å². The van der Waals surface area contributed by atoms with Gasteiger partial charge in [-0.25, -0.2) is 0 Å². The molecule has 0 aliphatic rings. The van der Waals surface area contributed by atoms with E-state index in [4.69, 9.17) is 21.4 Å². The normalized spacial score (nSPS) is 9.95. The molecule has 1 amide bonds. The Morgan fingerprint density at radius 2 is 1.95 bits per heavy atom. The van der Waals surface area contributed by atoms with Gasteiger partial charge in [-0.15, -0.1) is 0 Å². The highest BCUT2D eigenvalue weighted by Crippen LogP contribution is 2.29. The fourth-order valence-electron chi connectivity index (χ4n) is 1.52. The molecule has 2 N–H and O–H groups in total. The third-order valence-electron chi connectivity index (χ3n) is 2.47. The van der Waals surface area contributed by atoms with Gasteiger partial charge in [-0.1, -0.05) is 11.6 Å². The number of carboxylic acid groups (broad SMARTS) is 1. The predicted octanol–water partition coefficient (Wildman–Crippen LogP) is 2.34. The average Bonchev–Trinajstić information content (AvgIpc) is 2.48. The van der Waals surface area contributed by atoms with Crippen molar-refractivity contribution in [3.63, 3.8) is 0 Å². The summed E-state index contributed by atoms with van der Waals surface area (Å²) in [5.74, 6) is -0.686. The molecular weight excluding hydrogens is 296 g/mol. The summed E-state index contributed by atoms with van der Waals surface area (Å²) < 4.78 is 5.54. The van der Waals surface area contributed by atoms with Gasteiger partial charge in [-0.05, 0) is 30.3 Å². The van der Waals surface area contributed by atoms with Crippen molar-refractivity contribution in [2.24, 2.45) is 0 Å². The van der Waals surface area contributed by atoms with Crippen LogP contribution in [0.15, 0.2) is 42.7 Å². The monoisotopic (exact) mass is 306 g/mol. The molecule has 0 aliphatic heterocycles. The molecule has 1 heterocycles. The number of amides is 1. The molecule has 21 heavy (non-hydrogen) atoms. The summed E-state index contributed by atoms with van der Waals surface area (Å²) in [5, 5.41) is 11.0. The molecule has 0 spiro atoms. The first-order valence-electron chi connectivity index (χ1n) is 5.93. The molecule has 0 bridgehead atoms. The van der Waals surface area contributed by atoms with Crippen LogP contribution in [0.1, 0.15) is 10.4 Å². The first kappa shape index (κ1) is 14.8. The number of carbonyl (C=O) groups is 2. The van der Waals surface area contributed by atoms with Crippen LogP contribution in [0.25, 0.3) is 0 Å². The molecule has 6 nitrogen and oxygen atoms in total. The molecule has 1 aromatic heterocycles. The van der Waals surface area contributed by atoms with Crippen molar-refractivity contribution in [1.82, 2.24) is 10.3 Å². The molecule has 7 heteroatoms. The van der Waals surface area contributed by atoms with Crippen molar-refractivity contribution >= 4 is 23.5 Å². The van der Waals surface area contributed by atoms with Crippen LogP contribution < -0.4 is 10.1 Å². The number of benzene rings is 1. The second-order valence-electron chi connectivity index (χ2n) is 4.01. The third-order valence-corrected chi connectivity index (χ3v) is 2.77. The Balaban J connectivity index is 2.10. The van der Waals surface area contributed by atoms with Crippen LogP contribution in [0.3, 0.4) is 0 Å². The standard InChI is InChI=1S/C14H11ClN2O4/c15-11-7-9(14(20)17-8-13(18)19)1-2-12(11)21-10-3-5-16-6-4-10/h1-7H,8H2,(H,17,20)(H,18,19). The number of nitrogens with one attached hydrogen (secondary N) is 1. The number of hydrogen-bond donors (Lipinski definition) is 2. The van der Waals surface area contributed by atoms with E-state index in [0.29, 0.717) is 11.5 Å². The lowest BCUT2D eigenvalue weighted by molar-refractivity contribution is -0.135. The van der Waals surface area contributed by atoms with Crippen molar-refractivity contribution in [3.8, 4) is 11.5 Å². The molecule has 0 atom stereocenters. The van der Waals surface area contributed by atoms with Crippen LogP contribution >= 0.6 is 11.6 Å². The SMILES string of the molecule is O=C(O)CNC(=O)c1ccc(Oc2ccncc2)c(Cl)c1. The summed E-state index contributed by atoms with van der Waals surface area (Å²) in [4.78, 5) is 25.9. The Morgan fingerprint density at radius 1 is 1.24 bits per heavy atom. The quantitative estimate of drug-likeness (QED) is 0.885.